The van der Waals surface area contributed by atoms with Gasteiger partial charge < -0.3 is 5.32 Å². The summed E-state index contributed by atoms with van der Waals surface area (Å²) in [5.41, 5.74) is 8.12. The maximum atomic E-state index is 4.68. The molecule has 0 unspecified atom stereocenters. The van der Waals surface area contributed by atoms with Crippen LogP contribution >= 0.6 is 0 Å². The highest BCUT2D eigenvalue weighted by Crippen LogP contribution is 2.37. The van der Waals surface area contributed by atoms with Gasteiger partial charge in [-0.3, -0.25) is 5.10 Å². The van der Waals surface area contributed by atoms with E-state index in [4.69, 9.17) is 0 Å². The molecular weight excluding hydrogens is 348 g/mol. The zero-order valence-electron chi connectivity index (χ0n) is 16.7. The van der Waals surface area contributed by atoms with E-state index in [0.29, 0.717) is 11.8 Å². The highest BCUT2D eigenvalue weighted by atomic mass is 15.3. The number of pyridine rings is 1. The van der Waals surface area contributed by atoms with Crippen LogP contribution in [-0.4, -0.2) is 37.9 Å². The third-order valence-electron chi connectivity index (χ3n) is 5.99. The highest BCUT2D eigenvalue weighted by molar-refractivity contribution is 5.89. The molecule has 6 nitrogen and oxygen atoms in total. The van der Waals surface area contributed by atoms with Gasteiger partial charge in [-0.25, -0.2) is 9.50 Å². The zero-order valence-corrected chi connectivity index (χ0v) is 16.7. The summed E-state index contributed by atoms with van der Waals surface area (Å²) in [6, 6.07) is 6.80. The lowest BCUT2D eigenvalue weighted by atomic mass is 9.88. The Morgan fingerprint density at radius 3 is 2.75 bits per heavy atom. The van der Waals surface area contributed by atoms with Crippen molar-refractivity contribution in [3.8, 4) is 11.1 Å². The Balaban J connectivity index is 1.68. The Morgan fingerprint density at radius 2 is 1.96 bits per heavy atom. The van der Waals surface area contributed by atoms with Crippen LogP contribution in [0.1, 0.15) is 55.3 Å². The molecule has 4 aromatic rings. The van der Waals surface area contributed by atoms with Crippen LogP contribution in [0.4, 0.5) is 0 Å². The van der Waals surface area contributed by atoms with Gasteiger partial charge in [0.1, 0.15) is 6.33 Å². The Bertz CT molecular complexity index is 1150. The number of aromatic amines is 1. The second-order valence-corrected chi connectivity index (χ2v) is 8.21. The number of nitrogens with one attached hydrogen (secondary N) is 2. The van der Waals surface area contributed by atoms with Gasteiger partial charge in [0, 0.05) is 28.8 Å². The minimum atomic E-state index is 0.418. The number of piperidine rings is 1. The topological polar surface area (TPSA) is 70.9 Å². The number of hydrogen-bond donors (Lipinski definition) is 2. The molecule has 0 amide bonds. The van der Waals surface area contributed by atoms with E-state index in [1.807, 2.05) is 4.52 Å². The fraction of sp³-hybridized carbons (Fsp3) is 0.409. The molecule has 1 aliphatic heterocycles. The van der Waals surface area contributed by atoms with E-state index in [2.05, 4.69) is 70.8 Å². The molecule has 144 valence electrons. The summed E-state index contributed by atoms with van der Waals surface area (Å²) in [4.78, 5) is 4.34. The summed E-state index contributed by atoms with van der Waals surface area (Å²) in [7, 11) is 0. The molecule has 0 spiro atoms. The van der Waals surface area contributed by atoms with Crippen molar-refractivity contribution in [1.29, 1.82) is 0 Å². The van der Waals surface area contributed by atoms with Crippen molar-refractivity contribution in [3.05, 3.63) is 47.5 Å². The van der Waals surface area contributed by atoms with Gasteiger partial charge in [-0.15, -0.1) is 0 Å². The largest absolute Gasteiger partial charge is 0.317 e. The third-order valence-corrected chi connectivity index (χ3v) is 5.99. The van der Waals surface area contributed by atoms with Gasteiger partial charge in [0.2, 0.25) is 0 Å². The zero-order chi connectivity index (χ0) is 19.3. The smallest absolute Gasteiger partial charge is 0.158 e. The molecule has 0 bridgehead atoms. The molecular formula is C22H26N6. The first-order chi connectivity index (χ1) is 13.6. The van der Waals surface area contributed by atoms with Crippen LogP contribution in [0.2, 0.25) is 0 Å². The molecule has 4 heterocycles. The SMILES string of the molecule is Cc1cc(-c2cc3n[nH]c(C4CCNCC4)c3cc2C(C)C)cn2ncnc12. The number of H-pyrrole nitrogens is 1. The summed E-state index contributed by atoms with van der Waals surface area (Å²) in [5.74, 6) is 0.979. The molecule has 28 heavy (non-hydrogen) atoms. The van der Waals surface area contributed by atoms with Crippen LogP contribution in [-0.2, 0) is 0 Å². The fourth-order valence-electron chi connectivity index (χ4n) is 4.48. The minimum Gasteiger partial charge on any atom is -0.317 e. The molecule has 0 radical (unpaired) electrons. The summed E-state index contributed by atoms with van der Waals surface area (Å²) in [6.45, 7) is 8.77. The lowest BCUT2D eigenvalue weighted by Gasteiger charge is -2.22. The van der Waals surface area contributed by atoms with E-state index in [1.54, 1.807) is 6.33 Å². The summed E-state index contributed by atoms with van der Waals surface area (Å²) >= 11 is 0. The first kappa shape index (κ1) is 17.4. The number of hydrogen-bond acceptors (Lipinski definition) is 4. The van der Waals surface area contributed by atoms with Gasteiger partial charge in [-0.1, -0.05) is 13.8 Å². The predicted octanol–water partition coefficient (Wildman–Crippen LogP) is 4.17. The van der Waals surface area contributed by atoms with Gasteiger partial charge in [0.15, 0.2) is 5.65 Å². The molecule has 2 N–H and O–H groups in total. The molecule has 1 saturated heterocycles. The number of nitrogens with zero attached hydrogens (tertiary/aromatic N) is 4. The van der Waals surface area contributed by atoms with Crippen LogP contribution in [0.15, 0.2) is 30.7 Å². The van der Waals surface area contributed by atoms with Crippen molar-refractivity contribution in [2.45, 2.75) is 45.4 Å². The average molecular weight is 374 g/mol. The Kier molecular flexibility index (Phi) is 4.16. The number of rotatable bonds is 3. The lowest BCUT2D eigenvalue weighted by molar-refractivity contribution is 0.454. The molecule has 0 saturated carbocycles. The van der Waals surface area contributed by atoms with Crippen molar-refractivity contribution in [3.63, 3.8) is 0 Å². The molecule has 1 fully saturated rings. The average Bonchev–Trinajstić information content (AvgIpc) is 3.34. The van der Waals surface area contributed by atoms with Crippen molar-refractivity contribution in [1.82, 2.24) is 30.1 Å². The Hall–Kier alpha value is -2.73. The fourth-order valence-corrected chi connectivity index (χ4v) is 4.48. The maximum Gasteiger partial charge on any atom is 0.158 e. The second kappa shape index (κ2) is 6.71. The molecule has 1 aromatic carbocycles. The maximum absolute atomic E-state index is 4.68. The predicted molar refractivity (Wildman–Crippen MR) is 112 cm³/mol. The van der Waals surface area contributed by atoms with Crippen LogP contribution < -0.4 is 5.32 Å². The van der Waals surface area contributed by atoms with Gasteiger partial charge in [0.05, 0.1) is 5.52 Å². The normalized spacial score (nSPS) is 15.9. The van der Waals surface area contributed by atoms with E-state index in [-0.39, 0.29) is 0 Å². The summed E-state index contributed by atoms with van der Waals surface area (Å²) < 4.78 is 1.87. The van der Waals surface area contributed by atoms with Crippen molar-refractivity contribution in [2.75, 3.05) is 13.1 Å². The Morgan fingerprint density at radius 1 is 1.14 bits per heavy atom. The van der Waals surface area contributed by atoms with E-state index in [1.165, 1.54) is 22.2 Å². The van der Waals surface area contributed by atoms with Gasteiger partial charge in [0.25, 0.3) is 0 Å². The van der Waals surface area contributed by atoms with E-state index in [9.17, 15) is 0 Å². The van der Waals surface area contributed by atoms with Crippen LogP contribution in [0.5, 0.6) is 0 Å². The molecule has 0 atom stereocenters. The molecule has 5 rings (SSSR count). The van der Waals surface area contributed by atoms with Gasteiger partial charge in [-0.05, 0) is 73.7 Å². The number of fused-ring (bicyclic) bond motifs is 2. The molecule has 1 aliphatic rings. The van der Waals surface area contributed by atoms with Crippen LogP contribution in [0.3, 0.4) is 0 Å². The molecule has 0 aliphatic carbocycles. The number of benzene rings is 1. The van der Waals surface area contributed by atoms with Crippen LogP contribution in [0, 0.1) is 6.92 Å². The van der Waals surface area contributed by atoms with Gasteiger partial charge >= 0.3 is 0 Å². The van der Waals surface area contributed by atoms with E-state index >= 15 is 0 Å². The molecule has 6 heteroatoms. The first-order valence-electron chi connectivity index (χ1n) is 10.1. The highest BCUT2D eigenvalue weighted by Gasteiger charge is 2.22. The van der Waals surface area contributed by atoms with E-state index in [0.717, 1.165) is 48.2 Å². The second-order valence-electron chi connectivity index (χ2n) is 8.21. The van der Waals surface area contributed by atoms with Crippen molar-refractivity contribution < 1.29 is 0 Å². The monoisotopic (exact) mass is 374 g/mol. The van der Waals surface area contributed by atoms with E-state index < -0.39 is 0 Å². The Labute approximate surface area is 164 Å². The summed E-state index contributed by atoms with van der Waals surface area (Å²) in [5, 5.41) is 17.1. The standard InChI is InChI=1S/C22H26N6/c1-13(2)17-9-19-20(26-27-21(19)15-4-6-23-7-5-15)10-18(17)16-8-14(3)22-24-12-25-28(22)11-16/h8-13,15,23H,4-7H2,1-3H3,(H,26,27). The minimum absolute atomic E-state index is 0.418. The quantitative estimate of drug-likeness (QED) is 0.565. The van der Waals surface area contributed by atoms with Crippen molar-refractivity contribution in [2.24, 2.45) is 0 Å². The number of aryl methyl sites for hydroxylation is 1. The molecule has 3 aromatic heterocycles. The van der Waals surface area contributed by atoms with Crippen molar-refractivity contribution >= 4 is 16.6 Å². The first-order valence-corrected chi connectivity index (χ1v) is 10.1. The third kappa shape index (κ3) is 2.79. The number of aromatic nitrogens is 5. The van der Waals surface area contributed by atoms with Gasteiger partial charge in [-0.2, -0.15) is 10.2 Å². The van der Waals surface area contributed by atoms with Crippen LogP contribution in [0.25, 0.3) is 27.7 Å². The lowest BCUT2D eigenvalue weighted by Crippen LogP contribution is -2.26. The summed E-state index contributed by atoms with van der Waals surface area (Å²) in [6.07, 6.45) is 6.01.